The number of ether oxygens (including phenoxy) is 1. The van der Waals surface area contributed by atoms with Gasteiger partial charge in [0.2, 0.25) is 5.91 Å². The number of hydrogen-bond donors (Lipinski definition) is 0. The molecule has 3 saturated heterocycles. The van der Waals surface area contributed by atoms with Crippen LogP contribution in [0, 0.1) is 5.82 Å². The van der Waals surface area contributed by atoms with E-state index in [1.54, 1.807) is 18.3 Å². The summed E-state index contributed by atoms with van der Waals surface area (Å²) in [5.41, 5.74) is 0.902. The van der Waals surface area contributed by atoms with Crippen molar-refractivity contribution >= 4 is 45.0 Å². The Morgan fingerprint density at radius 3 is 2.62 bits per heavy atom. The summed E-state index contributed by atoms with van der Waals surface area (Å²) in [6.07, 6.45) is 10.4. The van der Waals surface area contributed by atoms with Crippen molar-refractivity contribution in [3.63, 3.8) is 0 Å². The highest BCUT2D eigenvalue weighted by atomic mass is 35.5. The Kier molecular flexibility index (Phi) is 9.00. The number of likely N-dealkylation sites (tertiary alicyclic amines) is 1. The molecular weight excluding hydrogens is 629 g/mol. The van der Waals surface area contributed by atoms with Gasteiger partial charge in [-0.15, -0.1) is 0 Å². The van der Waals surface area contributed by atoms with Crippen LogP contribution in [0.3, 0.4) is 0 Å². The van der Waals surface area contributed by atoms with Crippen LogP contribution < -0.4 is 9.64 Å². The molecule has 3 fully saturated rings. The van der Waals surface area contributed by atoms with Gasteiger partial charge in [0.25, 0.3) is 0 Å². The fourth-order valence-electron chi connectivity index (χ4n) is 7.63. The van der Waals surface area contributed by atoms with Gasteiger partial charge in [-0.05, 0) is 77.7 Å². The first-order chi connectivity index (χ1) is 23.1. The van der Waals surface area contributed by atoms with Crippen LogP contribution in [0.1, 0.15) is 39.0 Å². The molecule has 7 rings (SSSR count). The number of likely N-dealkylation sites (N-methyl/N-ethyl adjacent to an activating group) is 2. The molecule has 3 aliphatic rings. The van der Waals surface area contributed by atoms with Crippen LogP contribution in [-0.4, -0.2) is 107 Å². The molecule has 11 heteroatoms. The van der Waals surface area contributed by atoms with E-state index in [1.165, 1.54) is 0 Å². The zero-order valence-corrected chi connectivity index (χ0v) is 28.9. The van der Waals surface area contributed by atoms with E-state index in [0.717, 1.165) is 56.0 Å². The lowest BCUT2D eigenvalue weighted by molar-refractivity contribution is -0.125. The van der Waals surface area contributed by atoms with Crippen molar-refractivity contribution in [3.8, 4) is 17.3 Å². The molecule has 48 heavy (non-hydrogen) atoms. The molecule has 9 nitrogen and oxygen atoms in total. The minimum atomic E-state index is -0.549. The van der Waals surface area contributed by atoms with E-state index in [9.17, 15) is 4.79 Å². The van der Waals surface area contributed by atoms with Gasteiger partial charge in [0.1, 0.15) is 23.6 Å². The van der Waals surface area contributed by atoms with Crippen LogP contribution in [0.15, 0.2) is 54.7 Å². The van der Waals surface area contributed by atoms with Crippen molar-refractivity contribution < 1.29 is 13.9 Å². The molecule has 0 aliphatic carbocycles. The van der Waals surface area contributed by atoms with Crippen molar-refractivity contribution in [2.75, 3.05) is 58.8 Å². The van der Waals surface area contributed by atoms with Crippen molar-refractivity contribution in [1.82, 2.24) is 29.7 Å². The third kappa shape index (κ3) is 5.99. The quantitative estimate of drug-likeness (QED) is 0.195. The number of carbonyl (C=O) groups is 1. The minimum absolute atomic E-state index is 0.0146. The van der Waals surface area contributed by atoms with Gasteiger partial charge in [0.15, 0.2) is 5.82 Å². The lowest BCUT2D eigenvalue weighted by Gasteiger charge is -2.31. The molecule has 0 spiro atoms. The molecule has 0 saturated carbocycles. The van der Waals surface area contributed by atoms with Crippen LogP contribution in [0.25, 0.3) is 32.9 Å². The summed E-state index contributed by atoms with van der Waals surface area (Å²) in [4.78, 5) is 35.8. The number of pyridine rings is 1. The van der Waals surface area contributed by atoms with Gasteiger partial charge < -0.3 is 19.4 Å². The van der Waals surface area contributed by atoms with Crippen LogP contribution >= 0.6 is 11.6 Å². The van der Waals surface area contributed by atoms with E-state index in [2.05, 4.69) is 9.88 Å². The normalized spacial score (nSPS) is 20.0. The van der Waals surface area contributed by atoms with E-state index < -0.39 is 5.82 Å². The second-order valence-corrected chi connectivity index (χ2v) is 14.2. The van der Waals surface area contributed by atoms with Gasteiger partial charge in [-0.2, -0.15) is 9.97 Å². The van der Waals surface area contributed by atoms with Gasteiger partial charge >= 0.3 is 6.01 Å². The molecular formula is C37H43ClFN7O2. The van der Waals surface area contributed by atoms with Crippen molar-refractivity contribution in [3.05, 3.63) is 65.6 Å². The lowest BCUT2D eigenvalue weighted by atomic mass is 9.95. The lowest BCUT2D eigenvalue weighted by Crippen LogP contribution is -2.43. The summed E-state index contributed by atoms with van der Waals surface area (Å²) in [6, 6.07) is 11.6. The van der Waals surface area contributed by atoms with Crippen LogP contribution in [0.5, 0.6) is 6.01 Å². The number of aromatic nitrogens is 3. The Morgan fingerprint density at radius 1 is 1.12 bits per heavy atom. The number of fused-ring (bicyclic) bond motifs is 3. The molecule has 0 bridgehead atoms. The average Bonchev–Trinajstić information content (AvgIpc) is 3.83. The molecule has 1 amide bonds. The topological polar surface area (TPSA) is 77.9 Å². The largest absolute Gasteiger partial charge is 0.461 e. The van der Waals surface area contributed by atoms with E-state index in [1.807, 2.05) is 79.2 Å². The summed E-state index contributed by atoms with van der Waals surface area (Å²) in [5, 5.41) is 2.65. The SMILES string of the molecule is C[C@@H](/C=C/C(=O)N1CCC(N(C)c2nc(OCC34CCCN3CCC4)nc3c(F)c(-c4cccc5cccc(Cl)c45)ncc23)C1)N(C)C. The first-order valence-corrected chi connectivity index (χ1v) is 17.3. The molecule has 0 radical (unpaired) electrons. The highest BCUT2D eigenvalue weighted by molar-refractivity contribution is 6.36. The Balaban J connectivity index is 1.25. The van der Waals surface area contributed by atoms with Crippen LogP contribution in [-0.2, 0) is 4.79 Å². The number of rotatable bonds is 9. The molecule has 2 aromatic heterocycles. The first-order valence-electron chi connectivity index (χ1n) is 16.9. The van der Waals surface area contributed by atoms with E-state index in [0.29, 0.717) is 41.5 Å². The Bertz CT molecular complexity index is 1870. The molecule has 252 valence electrons. The smallest absolute Gasteiger partial charge is 0.319 e. The summed E-state index contributed by atoms with van der Waals surface area (Å²) in [6.45, 7) is 5.81. The monoisotopic (exact) mass is 671 g/mol. The van der Waals surface area contributed by atoms with Gasteiger partial charge in [-0.25, -0.2) is 4.39 Å². The van der Waals surface area contributed by atoms with Crippen molar-refractivity contribution in [1.29, 1.82) is 0 Å². The number of benzene rings is 2. The third-order valence-electron chi connectivity index (χ3n) is 10.7. The van der Waals surface area contributed by atoms with Gasteiger partial charge in [0.05, 0.1) is 10.9 Å². The predicted octanol–water partition coefficient (Wildman–Crippen LogP) is 6.19. The highest BCUT2D eigenvalue weighted by Crippen LogP contribution is 2.40. The number of hydrogen-bond acceptors (Lipinski definition) is 8. The second-order valence-electron chi connectivity index (χ2n) is 13.8. The van der Waals surface area contributed by atoms with Crippen LogP contribution in [0.4, 0.5) is 10.2 Å². The number of halogens is 2. The fourth-order valence-corrected chi connectivity index (χ4v) is 7.91. The molecule has 4 aromatic rings. The molecule has 5 heterocycles. The summed E-state index contributed by atoms with van der Waals surface area (Å²) >= 11 is 6.64. The number of amides is 1. The molecule has 0 N–H and O–H groups in total. The first kappa shape index (κ1) is 32.7. The summed E-state index contributed by atoms with van der Waals surface area (Å²) < 4.78 is 23.2. The standard InChI is InChI=1S/C37H43ClFN7O2/c1-24(43(2)3)13-14-30(47)45-20-15-26(22-45)44(4)35-28-21-40-33(27-11-5-9-25-10-6-12-29(38)31(25)27)32(39)34(28)41-36(42-35)48-23-37-16-7-18-46(37)19-8-17-37/h5-6,9-14,21,24,26H,7-8,15-20,22-23H2,1-4H3/b14-13+/t24-,26?/m0/s1. The van der Waals surface area contributed by atoms with Crippen LogP contribution in [0.2, 0.25) is 5.02 Å². The Labute approximate surface area is 286 Å². The zero-order valence-electron chi connectivity index (χ0n) is 28.1. The maximum Gasteiger partial charge on any atom is 0.319 e. The Hall–Kier alpha value is -3.86. The van der Waals surface area contributed by atoms with Gasteiger partial charge in [0, 0.05) is 60.5 Å². The maximum absolute atomic E-state index is 16.8. The van der Waals surface area contributed by atoms with E-state index in [-0.39, 0.29) is 40.8 Å². The van der Waals surface area contributed by atoms with Gasteiger partial charge in [-0.3, -0.25) is 14.7 Å². The molecule has 2 aromatic carbocycles. The van der Waals surface area contributed by atoms with Gasteiger partial charge in [-0.1, -0.05) is 48.0 Å². The molecule has 1 unspecified atom stereocenters. The molecule has 3 aliphatic heterocycles. The maximum atomic E-state index is 16.8. The van der Waals surface area contributed by atoms with Crippen molar-refractivity contribution in [2.45, 2.75) is 56.7 Å². The fraction of sp³-hybridized carbons (Fsp3) is 0.459. The summed E-state index contributed by atoms with van der Waals surface area (Å²) in [5.74, 6) is -0.0295. The molecule has 2 atom stereocenters. The third-order valence-corrected chi connectivity index (χ3v) is 11.0. The Morgan fingerprint density at radius 2 is 1.88 bits per heavy atom. The van der Waals surface area contributed by atoms with E-state index in [4.69, 9.17) is 26.3 Å². The predicted molar refractivity (Wildman–Crippen MR) is 189 cm³/mol. The highest BCUT2D eigenvalue weighted by Gasteiger charge is 2.45. The average molecular weight is 672 g/mol. The number of anilines is 1. The van der Waals surface area contributed by atoms with Crippen molar-refractivity contribution in [2.24, 2.45) is 0 Å². The second kappa shape index (κ2) is 13.2. The van der Waals surface area contributed by atoms with E-state index >= 15 is 4.39 Å². The summed E-state index contributed by atoms with van der Waals surface area (Å²) in [7, 11) is 5.91. The minimum Gasteiger partial charge on any atom is -0.461 e. The zero-order chi connectivity index (χ0) is 33.6. The number of nitrogens with zero attached hydrogens (tertiary/aromatic N) is 7. The number of carbonyl (C=O) groups excluding carboxylic acids is 1.